The van der Waals surface area contributed by atoms with Gasteiger partial charge in [-0.3, -0.25) is 0 Å². The van der Waals surface area contributed by atoms with Crippen molar-refractivity contribution in [3.63, 3.8) is 0 Å². The molecule has 0 aliphatic heterocycles. The summed E-state index contributed by atoms with van der Waals surface area (Å²) in [5.74, 6) is 0.379. The highest BCUT2D eigenvalue weighted by Gasteiger charge is 2.10. The molecule has 0 amide bonds. The van der Waals surface area contributed by atoms with E-state index in [9.17, 15) is 4.39 Å². The summed E-state index contributed by atoms with van der Waals surface area (Å²) in [6, 6.07) is 11.3. The number of fused-ring (bicyclic) bond motifs is 1. The summed E-state index contributed by atoms with van der Waals surface area (Å²) in [5.41, 5.74) is 1.34. The average Bonchev–Trinajstić information content (AvgIpc) is 2.47. The molecule has 0 fully saturated rings. The molecule has 2 rings (SSSR count). The molecular formula is C18H23FO. The predicted molar refractivity (Wildman–Crippen MR) is 82.5 cm³/mol. The van der Waals surface area contributed by atoms with Gasteiger partial charge in [0.1, 0.15) is 5.82 Å². The van der Waals surface area contributed by atoms with Crippen LogP contribution < -0.4 is 0 Å². The van der Waals surface area contributed by atoms with Crippen molar-refractivity contribution in [1.29, 1.82) is 0 Å². The van der Waals surface area contributed by atoms with Crippen molar-refractivity contribution in [3.8, 4) is 0 Å². The summed E-state index contributed by atoms with van der Waals surface area (Å²) in [6.45, 7) is 2.50. The predicted octanol–water partition coefficient (Wildman–Crippen LogP) is 5.03. The van der Waals surface area contributed by atoms with E-state index in [1.807, 2.05) is 12.1 Å². The van der Waals surface area contributed by atoms with Gasteiger partial charge in [0.15, 0.2) is 0 Å². The SMILES string of the molecule is CCC(CCCCCO)c1ccc2cc(F)ccc2c1. The summed E-state index contributed by atoms with van der Waals surface area (Å²) in [7, 11) is 0. The number of aliphatic hydroxyl groups is 1. The summed E-state index contributed by atoms with van der Waals surface area (Å²) in [6.07, 6.45) is 5.41. The van der Waals surface area contributed by atoms with Gasteiger partial charge in [0.2, 0.25) is 0 Å². The van der Waals surface area contributed by atoms with E-state index in [0.29, 0.717) is 12.5 Å². The third-order valence-corrected chi connectivity index (χ3v) is 4.00. The molecule has 2 heteroatoms. The summed E-state index contributed by atoms with van der Waals surface area (Å²) < 4.78 is 13.2. The topological polar surface area (TPSA) is 20.2 Å². The monoisotopic (exact) mass is 274 g/mol. The zero-order valence-electron chi connectivity index (χ0n) is 12.1. The maximum atomic E-state index is 13.2. The molecule has 0 radical (unpaired) electrons. The fourth-order valence-electron chi connectivity index (χ4n) is 2.77. The van der Waals surface area contributed by atoms with Crippen molar-refractivity contribution in [2.75, 3.05) is 6.61 Å². The largest absolute Gasteiger partial charge is 0.396 e. The molecule has 0 aliphatic carbocycles. The van der Waals surface area contributed by atoms with Crippen LogP contribution in [0.4, 0.5) is 4.39 Å². The quantitative estimate of drug-likeness (QED) is 0.702. The van der Waals surface area contributed by atoms with Crippen molar-refractivity contribution in [2.45, 2.75) is 44.9 Å². The molecule has 0 saturated heterocycles. The van der Waals surface area contributed by atoms with Crippen LogP contribution in [0.1, 0.15) is 50.5 Å². The third-order valence-electron chi connectivity index (χ3n) is 4.00. The molecule has 1 unspecified atom stereocenters. The van der Waals surface area contributed by atoms with Gasteiger partial charge in [-0.05, 0) is 53.6 Å². The number of unbranched alkanes of at least 4 members (excludes halogenated alkanes) is 2. The van der Waals surface area contributed by atoms with Crippen LogP contribution in [0.2, 0.25) is 0 Å². The van der Waals surface area contributed by atoms with Crippen LogP contribution in [0.15, 0.2) is 36.4 Å². The number of rotatable bonds is 7. The Morgan fingerprint density at radius 1 is 1.00 bits per heavy atom. The van der Waals surface area contributed by atoms with E-state index in [1.54, 1.807) is 6.07 Å². The minimum Gasteiger partial charge on any atom is -0.396 e. The molecular weight excluding hydrogens is 251 g/mol. The minimum atomic E-state index is -0.179. The van der Waals surface area contributed by atoms with Crippen LogP contribution in [-0.4, -0.2) is 11.7 Å². The Bertz CT molecular complexity index is 550. The van der Waals surface area contributed by atoms with Gasteiger partial charge in [-0.2, -0.15) is 0 Å². The number of hydrogen-bond acceptors (Lipinski definition) is 1. The standard InChI is InChI=1S/C18H23FO/c1-2-14(6-4-3-5-11-20)15-7-8-17-13-18(19)10-9-16(17)12-15/h7-10,12-14,20H,2-6,11H2,1H3. The molecule has 0 spiro atoms. The van der Waals surface area contributed by atoms with Crippen LogP contribution >= 0.6 is 0 Å². The summed E-state index contributed by atoms with van der Waals surface area (Å²) >= 11 is 0. The van der Waals surface area contributed by atoms with E-state index >= 15 is 0 Å². The lowest BCUT2D eigenvalue weighted by molar-refractivity contribution is 0.281. The van der Waals surface area contributed by atoms with Crippen LogP contribution in [-0.2, 0) is 0 Å². The average molecular weight is 274 g/mol. The van der Waals surface area contributed by atoms with Gasteiger partial charge in [-0.25, -0.2) is 4.39 Å². The first-order valence-electron chi connectivity index (χ1n) is 7.54. The van der Waals surface area contributed by atoms with E-state index in [1.165, 1.54) is 11.6 Å². The van der Waals surface area contributed by atoms with Crippen molar-refractivity contribution in [1.82, 2.24) is 0 Å². The lowest BCUT2D eigenvalue weighted by Crippen LogP contribution is -1.98. The van der Waals surface area contributed by atoms with E-state index in [0.717, 1.165) is 42.9 Å². The highest BCUT2D eigenvalue weighted by atomic mass is 19.1. The first-order chi connectivity index (χ1) is 9.74. The van der Waals surface area contributed by atoms with Gasteiger partial charge in [0.25, 0.3) is 0 Å². The minimum absolute atomic E-state index is 0.179. The second-order valence-corrected chi connectivity index (χ2v) is 5.43. The third kappa shape index (κ3) is 3.80. The Morgan fingerprint density at radius 2 is 1.75 bits per heavy atom. The number of benzene rings is 2. The second-order valence-electron chi connectivity index (χ2n) is 5.43. The lowest BCUT2D eigenvalue weighted by Gasteiger charge is -2.16. The maximum Gasteiger partial charge on any atom is 0.123 e. The maximum absolute atomic E-state index is 13.2. The van der Waals surface area contributed by atoms with Crippen LogP contribution in [0, 0.1) is 5.82 Å². The van der Waals surface area contributed by atoms with E-state index < -0.39 is 0 Å². The van der Waals surface area contributed by atoms with Gasteiger partial charge < -0.3 is 5.11 Å². The fourth-order valence-corrected chi connectivity index (χ4v) is 2.77. The fraction of sp³-hybridized carbons (Fsp3) is 0.444. The molecule has 1 nitrogen and oxygen atoms in total. The molecule has 2 aromatic carbocycles. The first-order valence-corrected chi connectivity index (χ1v) is 7.54. The molecule has 0 aliphatic rings. The lowest BCUT2D eigenvalue weighted by atomic mass is 9.89. The van der Waals surface area contributed by atoms with Crippen LogP contribution in [0.3, 0.4) is 0 Å². The van der Waals surface area contributed by atoms with Gasteiger partial charge in [-0.1, -0.05) is 44.0 Å². The Kier molecular flexibility index (Phi) is 5.54. The molecule has 0 heterocycles. The Morgan fingerprint density at radius 3 is 2.50 bits per heavy atom. The highest BCUT2D eigenvalue weighted by Crippen LogP contribution is 2.28. The highest BCUT2D eigenvalue weighted by molar-refractivity contribution is 5.83. The van der Waals surface area contributed by atoms with Crippen LogP contribution in [0.25, 0.3) is 10.8 Å². The van der Waals surface area contributed by atoms with Crippen LogP contribution in [0.5, 0.6) is 0 Å². The van der Waals surface area contributed by atoms with Crippen molar-refractivity contribution < 1.29 is 9.50 Å². The molecule has 0 bridgehead atoms. The first kappa shape index (κ1) is 15.0. The normalized spacial score (nSPS) is 12.8. The molecule has 1 N–H and O–H groups in total. The number of aliphatic hydroxyl groups excluding tert-OH is 1. The van der Waals surface area contributed by atoms with E-state index in [2.05, 4.69) is 19.1 Å². The number of halogens is 1. The second kappa shape index (κ2) is 7.39. The zero-order valence-corrected chi connectivity index (χ0v) is 12.1. The molecule has 2 aromatic rings. The Hall–Kier alpha value is -1.41. The van der Waals surface area contributed by atoms with E-state index in [-0.39, 0.29) is 5.82 Å². The molecule has 20 heavy (non-hydrogen) atoms. The van der Waals surface area contributed by atoms with Gasteiger partial charge in [-0.15, -0.1) is 0 Å². The zero-order chi connectivity index (χ0) is 14.4. The molecule has 1 atom stereocenters. The van der Waals surface area contributed by atoms with Gasteiger partial charge >= 0.3 is 0 Å². The smallest absolute Gasteiger partial charge is 0.123 e. The summed E-state index contributed by atoms with van der Waals surface area (Å²) in [5, 5.41) is 10.9. The Balaban J connectivity index is 2.11. The van der Waals surface area contributed by atoms with Crippen molar-refractivity contribution in [3.05, 3.63) is 47.8 Å². The molecule has 0 saturated carbocycles. The van der Waals surface area contributed by atoms with Gasteiger partial charge in [0.05, 0.1) is 0 Å². The number of hydrogen-bond donors (Lipinski definition) is 1. The van der Waals surface area contributed by atoms with E-state index in [4.69, 9.17) is 5.11 Å². The van der Waals surface area contributed by atoms with Crippen molar-refractivity contribution in [2.24, 2.45) is 0 Å². The molecule has 108 valence electrons. The van der Waals surface area contributed by atoms with Crippen molar-refractivity contribution >= 4 is 10.8 Å². The Labute approximate surface area is 120 Å². The molecule has 0 aromatic heterocycles. The summed E-state index contributed by atoms with van der Waals surface area (Å²) in [4.78, 5) is 0. The van der Waals surface area contributed by atoms with Gasteiger partial charge in [0, 0.05) is 6.61 Å².